The zero-order chi connectivity index (χ0) is 13.2. The molecular formula is C8H7ClN2O5S. The Balaban J connectivity index is 3.26. The topological polar surface area (TPSA) is 127 Å². The number of sulfonamides is 1. The summed E-state index contributed by atoms with van der Waals surface area (Å²) in [6.45, 7) is 0. The van der Waals surface area contributed by atoms with Crippen LogP contribution in [0.1, 0.15) is 0 Å². The van der Waals surface area contributed by atoms with E-state index in [4.69, 9.17) is 21.8 Å². The first-order valence-corrected chi connectivity index (χ1v) is 6.01. The van der Waals surface area contributed by atoms with Gasteiger partial charge in [-0.15, -0.1) is 0 Å². The SMILES string of the molecule is NS(=O)(=O)c1ccc(Cl)cc1NC(=O)C(=O)O. The minimum atomic E-state index is -4.09. The van der Waals surface area contributed by atoms with Crippen molar-refractivity contribution in [2.75, 3.05) is 5.32 Å². The Kier molecular flexibility index (Phi) is 3.71. The Bertz CT molecular complexity index is 584. The maximum Gasteiger partial charge on any atom is 0.394 e. The first kappa shape index (κ1) is 13.4. The Morgan fingerprint density at radius 3 is 2.41 bits per heavy atom. The van der Waals surface area contributed by atoms with Crippen LogP contribution in [0.25, 0.3) is 0 Å². The number of nitrogens with one attached hydrogen (secondary N) is 1. The minimum Gasteiger partial charge on any atom is -0.474 e. The normalized spacial score (nSPS) is 10.9. The summed E-state index contributed by atoms with van der Waals surface area (Å²) in [7, 11) is -4.09. The van der Waals surface area contributed by atoms with E-state index in [0.717, 1.165) is 12.1 Å². The summed E-state index contributed by atoms with van der Waals surface area (Å²) >= 11 is 5.60. The van der Waals surface area contributed by atoms with Crippen molar-refractivity contribution in [3.8, 4) is 0 Å². The first-order chi connectivity index (χ1) is 7.71. The second-order valence-electron chi connectivity index (χ2n) is 2.94. The molecule has 1 amide bonds. The third-order valence-electron chi connectivity index (χ3n) is 1.69. The third-order valence-corrected chi connectivity index (χ3v) is 2.89. The predicted octanol–water partition coefficient (Wildman–Crippen LogP) is 0.0105. The lowest BCUT2D eigenvalue weighted by Gasteiger charge is -2.08. The molecule has 1 aromatic rings. The van der Waals surface area contributed by atoms with Gasteiger partial charge >= 0.3 is 11.9 Å². The number of hydrogen-bond acceptors (Lipinski definition) is 4. The summed E-state index contributed by atoms with van der Waals surface area (Å²) in [6, 6.07) is 3.40. The van der Waals surface area contributed by atoms with Gasteiger partial charge < -0.3 is 10.4 Å². The lowest BCUT2D eigenvalue weighted by atomic mass is 10.3. The number of benzene rings is 1. The monoisotopic (exact) mass is 278 g/mol. The van der Waals surface area contributed by atoms with Crippen LogP contribution in [0.4, 0.5) is 5.69 Å². The standard InChI is InChI=1S/C8H7ClN2O5S/c9-4-1-2-6(17(10,15)16)5(3-4)11-7(12)8(13)14/h1-3H,(H,11,12)(H,13,14)(H2,10,15,16). The van der Waals surface area contributed by atoms with Gasteiger partial charge in [0.1, 0.15) is 4.90 Å². The number of anilines is 1. The number of carbonyl (C=O) groups excluding carboxylic acids is 1. The lowest BCUT2D eigenvalue weighted by molar-refractivity contribution is -0.147. The molecule has 0 atom stereocenters. The quantitative estimate of drug-likeness (QED) is 0.657. The first-order valence-electron chi connectivity index (χ1n) is 4.08. The van der Waals surface area contributed by atoms with Gasteiger partial charge in [0, 0.05) is 5.02 Å². The number of carboxylic acid groups (broad SMARTS) is 1. The molecule has 4 N–H and O–H groups in total. The van der Waals surface area contributed by atoms with Crippen molar-refractivity contribution in [2.45, 2.75) is 4.90 Å². The largest absolute Gasteiger partial charge is 0.474 e. The zero-order valence-electron chi connectivity index (χ0n) is 8.18. The maximum atomic E-state index is 11.2. The van der Waals surface area contributed by atoms with Crippen LogP contribution in [0.5, 0.6) is 0 Å². The van der Waals surface area contributed by atoms with Gasteiger partial charge in [-0.2, -0.15) is 0 Å². The van der Waals surface area contributed by atoms with Gasteiger partial charge in [0.15, 0.2) is 0 Å². The van der Waals surface area contributed by atoms with E-state index in [2.05, 4.69) is 0 Å². The second kappa shape index (κ2) is 4.70. The second-order valence-corrected chi connectivity index (χ2v) is 4.91. The van der Waals surface area contributed by atoms with Crippen LogP contribution >= 0.6 is 11.6 Å². The van der Waals surface area contributed by atoms with E-state index in [1.54, 1.807) is 0 Å². The summed E-state index contributed by atoms with van der Waals surface area (Å²) in [4.78, 5) is 20.8. The van der Waals surface area contributed by atoms with E-state index in [0.29, 0.717) is 0 Å². The zero-order valence-corrected chi connectivity index (χ0v) is 9.75. The summed E-state index contributed by atoms with van der Waals surface area (Å²) in [6.07, 6.45) is 0. The van der Waals surface area contributed by atoms with Gasteiger partial charge in [-0.3, -0.25) is 4.79 Å². The molecule has 0 unspecified atom stereocenters. The molecule has 0 radical (unpaired) electrons. The Labute approximate surface area is 101 Å². The van der Waals surface area contributed by atoms with E-state index in [-0.39, 0.29) is 10.7 Å². The van der Waals surface area contributed by atoms with Crippen LogP contribution in [-0.2, 0) is 19.6 Å². The molecule has 9 heteroatoms. The van der Waals surface area contributed by atoms with Gasteiger partial charge in [-0.1, -0.05) is 11.6 Å². The molecule has 0 aliphatic rings. The number of nitrogens with two attached hydrogens (primary N) is 1. The van der Waals surface area contributed by atoms with Gasteiger partial charge in [0.05, 0.1) is 5.69 Å². The van der Waals surface area contributed by atoms with Gasteiger partial charge in [0.2, 0.25) is 10.0 Å². The van der Waals surface area contributed by atoms with Crippen molar-refractivity contribution in [1.29, 1.82) is 0 Å². The smallest absolute Gasteiger partial charge is 0.394 e. The predicted molar refractivity (Wildman–Crippen MR) is 59.1 cm³/mol. The van der Waals surface area contributed by atoms with E-state index in [1.165, 1.54) is 6.07 Å². The number of aliphatic carboxylic acids is 1. The van der Waals surface area contributed by atoms with Crippen molar-refractivity contribution in [3.05, 3.63) is 23.2 Å². The highest BCUT2D eigenvalue weighted by molar-refractivity contribution is 7.89. The fraction of sp³-hybridized carbons (Fsp3) is 0. The number of halogens is 1. The summed E-state index contributed by atoms with van der Waals surface area (Å²) in [5.41, 5.74) is -0.285. The highest BCUT2D eigenvalue weighted by Gasteiger charge is 2.19. The molecule has 0 saturated heterocycles. The van der Waals surface area contributed by atoms with Crippen molar-refractivity contribution in [3.63, 3.8) is 0 Å². The van der Waals surface area contributed by atoms with Gasteiger partial charge in [-0.25, -0.2) is 18.4 Å². The lowest BCUT2D eigenvalue weighted by Crippen LogP contribution is -2.24. The Morgan fingerprint density at radius 2 is 1.94 bits per heavy atom. The van der Waals surface area contributed by atoms with E-state index in [9.17, 15) is 18.0 Å². The van der Waals surface area contributed by atoms with Crippen molar-refractivity contribution in [2.24, 2.45) is 5.14 Å². The van der Waals surface area contributed by atoms with Crippen molar-refractivity contribution >= 4 is 39.2 Å². The third kappa shape index (κ3) is 3.41. The molecule has 92 valence electrons. The molecular weight excluding hydrogens is 272 g/mol. The molecule has 0 fully saturated rings. The number of primary sulfonamides is 1. The number of amides is 1. The van der Waals surface area contributed by atoms with Crippen LogP contribution < -0.4 is 10.5 Å². The fourth-order valence-electron chi connectivity index (χ4n) is 1.02. The fourth-order valence-corrected chi connectivity index (χ4v) is 1.87. The van der Waals surface area contributed by atoms with Gasteiger partial charge in [-0.05, 0) is 18.2 Å². The minimum absolute atomic E-state index is 0.123. The number of rotatable bonds is 2. The molecule has 0 heterocycles. The summed E-state index contributed by atoms with van der Waals surface area (Å²) < 4.78 is 22.3. The highest BCUT2D eigenvalue weighted by atomic mass is 35.5. The summed E-state index contributed by atoms with van der Waals surface area (Å²) in [5.74, 6) is -3.15. The average molecular weight is 279 g/mol. The molecule has 7 nitrogen and oxygen atoms in total. The highest BCUT2D eigenvalue weighted by Crippen LogP contribution is 2.24. The molecule has 0 aliphatic carbocycles. The molecule has 0 aromatic heterocycles. The van der Waals surface area contributed by atoms with Crippen molar-refractivity contribution in [1.82, 2.24) is 0 Å². The molecule has 0 bridgehead atoms. The van der Waals surface area contributed by atoms with E-state index < -0.39 is 26.8 Å². The Hall–Kier alpha value is -1.64. The van der Waals surface area contributed by atoms with Gasteiger partial charge in [0.25, 0.3) is 0 Å². The van der Waals surface area contributed by atoms with Crippen LogP contribution in [0.15, 0.2) is 23.1 Å². The molecule has 17 heavy (non-hydrogen) atoms. The maximum absolute atomic E-state index is 11.2. The number of carboxylic acids is 1. The van der Waals surface area contributed by atoms with Crippen molar-refractivity contribution < 1.29 is 23.1 Å². The summed E-state index contributed by atoms with van der Waals surface area (Å²) in [5, 5.41) is 15.3. The van der Waals surface area contributed by atoms with Crippen LogP contribution in [0.3, 0.4) is 0 Å². The molecule has 0 spiro atoms. The van der Waals surface area contributed by atoms with E-state index in [1.807, 2.05) is 5.32 Å². The molecule has 1 rings (SSSR count). The number of carbonyl (C=O) groups is 2. The number of hydrogen-bond donors (Lipinski definition) is 3. The van der Waals surface area contributed by atoms with Crippen LogP contribution in [0, 0.1) is 0 Å². The molecule has 1 aromatic carbocycles. The van der Waals surface area contributed by atoms with Crippen LogP contribution in [0.2, 0.25) is 5.02 Å². The molecule has 0 aliphatic heterocycles. The Morgan fingerprint density at radius 1 is 1.35 bits per heavy atom. The molecule has 0 saturated carbocycles. The van der Waals surface area contributed by atoms with E-state index >= 15 is 0 Å². The van der Waals surface area contributed by atoms with Crippen LogP contribution in [-0.4, -0.2) is 25.4 Å². The average Bonchev–Trinajstić information content (AvgIpc) is 2.15.